The molecule has 0 bridgehead atoms. The van der Waals surface area contributed by atoms with Crippen LogP contribution in [0.2, 0.25) is 0 Å². The highest BCUT2D eigenvalue weighted by molar-refractivity contribution is 5.35. The van der Waals surface area contributed by atoms with Crippen molar-refractivity contribution in [3.63, 3.8) is 0 Å². The van der Waals surface area contributed by atoms with E-state index in [0.717, 1.165) is 31.2 Å². The molecule has 1 aromatic rings. The molecule has 86 valence electrons. The minimum absolute atomic E-state index is 0.138. The van der Waals surface area contributed by atoms with Gasteiger partial charge in [0.25, 0.3) is 0 Å². The summed E-state index contributed by atoms with van der Waals surface area (Å²) >= 11 is 0. The van der Waals surface area contributed by atoms with E-state index in [-0.39, 0.29) is 5.54 Å². The Morgan fingerprint density at radius 3 is 2.25 bits per heavy atom. The highest BCUT2D eigenvalue weighted by atomic mass is 16.3. The van der Waals surface area contributed by atoms with Gasteiger partial charge in [-0.2, -0.15) is 0 Å². The maximum atomic E-state index is 10.1. The molecule has 0 atom stereocenters. The lowest BCUT2D eigenvalue weighted by Gasteiger charge is -2.25. The highest BCUT2D eigenvalue weighted by Gasteiger charge is 2.42. The molecule has 0 spiro atoms. The molecule has 0 amide bonds. The lowest BCUT2D eigenvalue weighted by Crippen LogP contribution is -2.33. The molecule has 2 aliphatic carbocycles. The lowest BCUT2D eigenvalue weighted by atomic mass is 9.87. The largest absolute Gasteiger partial charge is 0.385 e. The quantitative estimate of drug-likeness (QED) is 0.799. The van der Waals surface area contributed by atoms with E-state index in [0.29, 0.717) is 0 Å². The van der Waals surface area contributed by atoms with Crippen LogP contribution < -0.4 is 5.73 Å². The standard InChI is InChI=1S/C14H19NO/c15-13(6-1-2-7-13)11-4-3-5-12(10-11)14(16)8-9-14/h3-5,10,16H,1-2,6-9,15H2. The second kappa shape index (κ2) is 3.31. The molecule has 0 saturated heterocycles. The first kappa shape index (κ1) is 10.3. The summed E-state index contributed by atoms with van der Waals surface area (Å²) < 4.78 is 0. The summed E-state index contributed by atoms with van der Waals surface area (Å²) in [5.74, 6) is 0. The van der Waals surface area contributed by atoms with Crippen LogP contribution in [0.15, 0.2) is 24.3 Å². The first-order valence-corrected chi connectivity index (χ1v) is 6.25. The van der Waals surface area contributed by atoms with E-state index in [2.05, 4.69) is 12.1 Å². The van der Waals surface area contributed by atoms with Crippen LogP contribution in [0.4, 0.5) is 0 Å². The summed E-state index contributed by atoms with van der Waals surface area (Å²) in [7, 11) is 0. The summed E-state index contributed by atoms with van der Waals surface area (Å²) in [6.07, 6.45) is 6.40. The molecule has 0 heterocycles. The molecular weight excluding hydrogens is 198 g/mol. The predicted molar refractivity (Wildman–Crippen MR) is 63.9 cm³/mol. The van der Waals surface area contributed by atoms with Crippen molar-refractivity contribution in [3.05, 3.63) is 35.4 Å². The van der Waals surface area contributed by atoms with Crippen LogP contribution in [0.1, 0.15) is 49.7 Å². The smallest absolute Gasteiger partial charge is 0.0899 e. The van der Waals surface area contributed by atoms with E-state index in [4.69, 9.17) is 5.73 Å². The van der Waals surface area contributed by atoms with Gasteiger partial charge < -0.3 is 10.8 Å². The van der Waals surface area contributed by atoms with Crippen LogP contribution >= 0.6 is 0 Å². The van der Waals surface area contributed by atoms with Gasteiger partial charge in [-0.05, 0) is 36.8 Å². The van der Waals surface area contributed by atoms with Crippen molar-refractivity contribution in [2.24, 2.45) is 5.73 Å². The number of rotatable bonds is 2. The number of hydrogen-bond acceptors (Lipinski definition) is 2. The van der Waals surface area contributed by atoms with Gasteiger partial charge in [0.15, 0.2) is 0 Å². The fraction of sp³-hybridized carbons (Fsp3) is 0.571. The van der Waals surface area contributed by atoms with Crippen molar-refractivity contribution in [2.45, 2.75) is 49.7 Å². The predicted octanol–water partition coefficient (Wildman–Crippen LogP) is 2.40. The molecule has 2 aliphatic rings. The average Bonchev–Trinajstić information content (AvgIpc) is 2.89. The second-order valence-corrected chi connectivity index (χ2v) is 5.48. The first-order valence-electron chi connectivity index (χ1n) is 6.25. The van der Waals surface area contributed by atoms with Crippen LogP contribution in [-0.4, -0.2) is 5.11 Å². The van der Waals surface area contributed by atoms with Crippen molar-refractivity contribution in [1.29, 1.82) is 0 Å². The zero-order valence-corrected chi connectivity index (χ0v) is 9.58. The topological polar surface area (TPSA) is 46.2 Å². The number of hydrogen-bond donors (Lipinski definition) is 2. The lowest BCUT2D eigenvalue weighted by molar-refractivity contribution is 0.151. The average molecular weight is 217 g/mol. The normalized spacial score (nSPS) is 25.6. The fourth-order valence-corrected chi connectivity index (χ4v) is 2.82. The van der Waals surface area contributed by atoms with Crippen molar-refractivity contribution >= 4 is 0 Å². The molecule has 2 fully saturated rings. The van der Waals surface area contributed by atoms with E-state index in [9.17, 15) is 5.11 Å². The van der Waals surface area contributed by atoms with Crippen LogP contribution in [0, 0.1) is 0 Å². The molecule has 1 aromatic carbocycles. The van der Waals surface area contributed by atoms with Crippen LogP contribution in [0.25, 0.3) is 0 Å². The maximum Gasteiger partial charge on any atom is 0.0899 e. The third-order valence-electron chi connectivity index (χ3n) is 4.19. The Bertz CT molecular complexity index is 403. The Hall–Kier alpha value is -0.860. The summed E-state index contributed by atoms with van der Waals surface area (Å²) in [6, 6.07) is 8.29. The van der Waals surface area contributed by atoms with E-state index < -0.39 is 5.60 Å². The Morgan fingerprint density at radius 1 is 1.00 bits per heavy atom. The van der Waals surface area contributed by atoms with Crippen LogP contribution in [0.5, 0.6) is 0 Å². The monoisotopic (exact) mass is 217 g/mol. The van der Waals surface area contributed by atoms with Gasteiger partial charge >= 0.3 is 0 Å². The van der Waals surface area contributed by atoms with E-state index in [1.807, 2.05) is 12.1 Å². The second-order valence-electron chi connectivity index (χ2n) is 5.48. The minimum atomic E-state index is -0.537. The first-order chi connectivity index (χ1) is 7.62. The Kier molecular flexibility index (Phi) is 2.13. The van der Waals surface area contributed by atoms with Gasteiger partial charge in [0.05, 0.1) is 5.60 Å². The number of benzene rings is 1. The summed E-state index contributed by atoms with van der Waals surface area (Å²) in [6.45, 7) is 0. The molecule has 16 heavy (non-hydrogen) atoms. The zero-order valence-electron chi connectivity index (χ0n) is 9.58. The fourth-order valence-electron chi connectivity index (χ4n) is 2.82. The Morgan fingerprint density at radius 2 is 1.62 bits per heavy atom. The Balaban J connectivity index is 1.96. The van der Waals surface area contributed by atoms with Crippen molar-refractivity contribution in [3.8, 4) is 0 Å². The van der Waals surface area contributed by atoms with Crippen LogP contribution in [0.3, 0.4) is 0 Å². The molecule has 2 nitrogen and oxygen atoms in total. The molecular formula is C14H19NO. The molecule has 0 radical (unpaired) electrons. The van der Waals surface area contributed by atoms with Gasteiger partial charge in [-0.25, -0.2) is 0 Å². The van der Waals surface area contributed by atoms with Gasteiger partial charge in [0.2, 0.25) is 0 Å². The minimum Gasteiger partial charge on any atom is -0.385 e. The van der Waals surface area contributed by atoms with Gasteiger partial charge in [-0.3, -0.25) is 0 Å². The molecule has 3 rings (SSSR count). The van der Waals surface area contributed by atoms with Crippen LogP contribution in [-0.2, 0) is 11.1 Å². The van der Waals surface area contributed by atoms with Gasteiger partial charge in [-0.1, -0.05) is 37.1 Å². The number of nitrogens with two attached hydrogens (primary N) is 1. The summed E-state index contributed by atoms with van der Waals surface area (Å²) in [5, 5.41) is 10.1. The zero-order chi connectivity index (χ0) is 11.2. The van der Waals surface area contributed by atoms with Gasteiger partial charge in [0, 0.05) is 5.54 Å². The third-order valence-corrected chi connectivity index (χ3v) is 4.19. The van der Waals surface area contributed by atoms with Gasteiger partial charge in [0.1, 0.15) is 0 Å². The van der Waals surface area contributed by atoms with E-state index >= 15 is 0 Å². The van der Waals surface area contributed by atoms with Gasteiger partial charge in [-0.15, -0.1) is 0 Å². The van der Waals surface area contributed by atoms with E-state index in [1.165, 1.54) is 18.4 Å². The molecule has 0 aromatic heterocycles. The van der Waals surface area contributed by atoms with Crippen molar-refractivity contribution in [1.82, 2.24) is 0 Å². The molecule has 0 unspecified atom stereocenters. The molecule has 0 aliphatic heterocycles. The van der Waals surface area contributed by atoms with E-state index in [1.54, 1.807) is 0 Å². The molecule has 3 N–H and O–H groups in total. The molecule has 2 saturated carbocycles. The van der Waals surface area contributed by atoms with Crippen molar-refractivity contribution < 1.29 is 5.11 Å². The third kappa shape index (κ3) is 1.57. The summed E-state index contributed by atoms with van der Waals surface area (Å²) in [4.78, 5) is 0. The Labute approximate surface area is 96.5 Å². The highest BCUT2D eigenvalue weighted by Crippen LogP contribution is 2.46. The maximum absolute atomic E-state index is 10.1. The SMILES string of the molecule is NC1(c2cccc(C3(O)CC3)c2)CCCC1. The number of aliphatic hydroxyl groups is 1. The summed E-state index contributed by atoms with van der Waals surface area (Å²) in [5.41, 5.74) is 8.03. The molecule has 2 heteroatoms. The van der Waals surface area contributed by atoms with Crippen molar-refractivity contribution in [2.75, 3.05) is 0 Å².